The number of carbonyl (C=O) groups is 4. The molecule has 0 unspecified atom stereocenters. The van der Waals surface area contributed by atoms with Crippen molar-refractivity contribution >= 4 is 48.9 Å². The topological polar surface area (TPSA) is 184 Å². The van der Waals surface area contributed by atoms with Gasteiger partial charge in [-0.05, 0) is 65.7 Å². The summed E-state index contributed by atoms with van der Waals surface area (Å²) < 4.78 is 10.4. The normalized spacial score (nSPS) is 15.5. The van der Waals surface area contributed by atoms with Crippen LogP contribution in [-0.4, -0.2) is 65.2 Å². The highest BCUT2D eigenvalue weighted by atomic mass is 16.5. The summed E-state index contributed by atoms with van der Waals surface area (Å²) in [5.41, 5.74) is 4.16. The third kappa shape index (κ3) is 6.84. The van der Waals surface area contributed by atoms with Crippen molar-refractivity contribution in [2.24, 2.45) is 0 Å². The Morgan fingerprint density at radius 1 is 0.818 bits per heavy atom. The number of carbonyl (C=O) groups excluding carboxylic acids is 3. The van der Waals surface area contributed by atoms with Gasteiger partial charge in [0.05, 0.1) is 31.7 Å². The lowest BCUT2D eigenvalue weighted by atomic mass is 9.78. The fraction of sp³-hybridized carbons (Fsp3) is 0.267. The van der Waals surface area contributed by atoms with Crippen molar-refractivity contribution in [1.29, 1.82) is 0 Å². The molecule has 0 fully saturated rings. The first-order valence-corrected chi connectivity index (χ1v) is 14.1. The second-order valence-electron chi connectivity index (χ2n) is 10.9. The summed E-state index contributed by atoms with van der Waals surface area (Å²) in [4.78, 5) is 52.1. The predicted octanol–water partition coefficient (Wildman–Crippen LogP) is -0.320. The van der Waals surface area contributed by atoms with Gasteiger partial charge in [-0.3, -0.25) is 19.2 Å². The minimum atomic E-state index is -1.34. The number of aryl methyl sites for hydroxylation is 1. The molecule has 14 heteroatoms. The molecule has 2 aliphatic rings. The van der Waals surface area contributed by atoms with Crippen LogP contribution in [-0.2, 0) is 32.1 Å². The van der Waals surface area contributed by atoms with E-state index in [-0.39, 0.29) is 24.3 Å². The monoisotopic (exact) mass is 599 g/mol. The minimum absolute atomic E-state index is 0.151. The lowest BCUT2D eigenvalue weighted by Gasteiger charge is -2.28. The van der Waals surface area contributed by atoms with Gasteiger partial charge in [0.1, 0.15) is 6.04 Å². The summed E-state index contributed by atoms with van der Waals surface area (Å²) in [5, 5.41) is 37.8. The van der Waals surface area contributed by atoms with Crippen molar-refractivity contribution in [2.45, 2.75) is 51.6 Å². The van der Waals surface area contributed by atoms with Crippen molar-refractivity contribution in [3.05, 3.63) is 94.0 Å². The molecule has 0 saturated carbocycles. The van der Waals surface area contributed by atoms with Gasteiger partial charge in [-0.15, -0.1) is 0 Å². The van der Waals surface area contributed by atoms with Crippen LogP contribution in [0.1, 0.15) is 62.4 Å². The molecular formula is C30H31B2N3O9. The number of fused-ring (bicyclic) bond motifs is 2. The number of hydrogen-bond acceptors (Lipinski definition) is 8. The fourth-order valence-corrected chi connectivity index (χ4v) is 5.30. The molecule has 2 aliphatic heterocycles. The lowest BCUT2D eigenvalue weighted by molar-refractivity contribution is -0.137. The highest BCUT2D eigenvalue weighted by Crippen LogP contribution is 2.19. The number of rotatable bonds is 10. The highest BCUT2D eigenvalue weighted by molar-refractivity contribution is 6.62. The maximum absolute atomic E-state index is 13.8. The molecule has 3 aromatic carbocycles. The van der Waals surface area contributed by atoms with Gasteiger partial charge in [0, 0.05) is 11.1 Å². The molecule has 2 heterocycles. The second kappa shape index (κ2) is 13.0. The second-order valence-corrected chi connectivity index (χ2v) is 10.9. The molecule has 0 bridgehead atoms. The van der Waals surface area contributed by atoms with Crippen LogP contribution in [0.3, 0.4) is 0 Å². The zero-order chi connectivity index (χ0) is 31.5. The van der Waals surface area contributed by atoms with Gasteiger partial charge in [-0.1, -0.05) is 42.0 Å². The van der Waals surface area contributed by atoms with Crippen LogP contribution in [0.25, 0.3) is 0 Å². The van der Waals surface area contributed by atoms with Crippen LogP contribution < -0.4 is 26.9 Å². The van der Waals surface area contributed by atoms with E-state index in [0.29, 0.717) is 16.5 Å². The average Bonchev–Trinajstić information content (AvgIpc) is 3.56. The van der Waals surface area contributed by atoms with Crippen LogP contribution in [0.15, 0.2) is 60.7 Å². The molecule has 12 nitrogen and oxygen atoms in total. The highest BCUT2D eigenvalue weighted by Gasteiger charge is 2.34. The summed E-state index contributed by atoms with van der Waals surface area (Å²) in [7, 11) is -2.34. The molecule has 3 aromatic rings. The third-order valence-corrected chi connectivity index (χ3v) is 7.71. The number of benzene rings is 3. The molecule has 0 saturated heterocycles. The molecule has 3 amide bonds. The lowest BCUT2D eigenvalue weighted by Crippen LogP contribution is -2.58. The predicted molar refractivity (Wildman–Crippen MR) is 160 cm³/mol. The summed E-state index contributed by atoms with van der Waals surface area (Å²) in [6.07, 6.45) is -0.418. The third-order valence-electron chi connectivity index (χ3n) is 7.71. The van der Waals surface area contributed by atoms with E-state index < -0.39 is 62.5 Å². The largest absolute Gasteiger partial charge is 0.491 e. The van der Waals surface area contributed by atoms with Crippen LogP contribution in [0, 0.1) is 6.92 Å². The van der Waals surface area contributed by atoms with Crippen LogP contribution in [0.2, 0.25) is 0 Å². The first kappa shape index (κ1) is 31.0. The Hall–Kier alpha value is -4.49. The Kier molecular flexibility index (Phi) is 9.16. The first-order chi connectivity index (χ1) is 21.0. The fourth-order valence-electron chi connectivity index (χ4n) is 5.30. The first-order valence-electron chi connectivity index (χ1n) is 14.1. The zero-order valence-electron chi connectivity index (χ0n) is 24.1. The molecule has 0 radical (unpaired) electrons. The Bertz CT molecular complexity index is 1620. The summed E-state index contributed by atoms with van der Waals surface area (Å²) in [6.45, 7) is 3.79. The van der Waals surface area contributed by atoms with Gasteiger partial charge in [-0.25, -0.2) is 0 Å². The molecule has 3 atom stereocenters. The molecule has 6 N–H and O–H groups in total. The summed E-state index contributed by atoms with van der Waals surface area (Å²) in [6, 6.07) is 13.2. The summed E-state index contributed by atoms with van der Waals surface area (Å²) in [5.74, 6) is -3.08. The molecule has 0 spiro atoms. The average molecular weight is 599 g/mol. The van der Waals surface area contributed by atoms with Gasteiger partial charge in [0.2, 0.25) is 5.91 Å². The molecular weight excluding hydrogens is 568 g/mol. The van der Waals surface area contributed by atoms with Gasteiger partial charge < -0.3 is 40.4 Å². The quantitative estimate of drug-likeness (QED) is 0.170. The maximum atomic E-state index is 13.8. The molecule has 0 aliphatic carbocycles. The van der Waals surface area contributed by atoms with E-state index in [1.54, 1.807) is 36.4 Å². The number of carboxylic acid groups (broad SMARTS) is 1. The molecule has 226 valence electrons. The number of carboxylic acids is 1. The van der Waals surface area contributed by atoms with E-state index in [2.05, 4.69) is 16.0 Å². The number of nitrogens with one attached hydrogen (secondary N) is 3. The van der Waals surface area contributed by atoms with Crippen molar-refractivity contribution in [3.8, 4) is 0 Å². The molecule has 44 heavy (non-hydrogen) atoms. The zero-order valence-corrected chi connectivity index (χ0v) is 24.1. The van der Waals surface area contributed by atoms with Gasteiger partial charge in [0.25, 0.3) is 11.8 Å². The maximum Gasteiger partial charge on any atom is 0.491 e. The van der Waals surface area contributed by atoms with E-state index in [0.717, 1.165) is 16.7 Å². The minimum Gasteiger partial charge on any atom is -0.481 e. The Morgan fingerprint density at radius 2 is 1.39 bits per heavy atom. The molecule has 0 aromatic heterocycles. The van der Waals surface area contributed by atoms with Crippen molar-refractivity contribution < 1.29 is 43.6 Å². The van der Waals surface area contributed by atoms with Gasteiger partial charge >= 0.3 is 20.2 Å². The summed E-state index contributed by atoms with van der Waals surface area (Å²) >= 11 is 0. The van der Waals surface area contributed by atoms with Crippen molar-refractivity contribution in [1.82, 2.24) is 16.0 Å². The Balaban J connectivity index is 1.40. The molecule has 5 rings (SSSR count). The van der Waals surface area contributed by atoms with E-state index in [4.69, 9.17) is 9.31 Å². The van der Waals surface area contributed by atoms with Crippen molar-refractivity contribution in [3.63, 3.8) is 0 Å². The van der Waals surface area contributed by atoms with Gasteiger partial charge in [-0.2, -0.15) is 0 Å². The standard InChI is InChI=1S/C30H31B2N3O9/c1-16-4-3-5-18(10-16)25(13-26(36)37)34-30(40)27(35-29(39)20-7-9-22-15-44-32(42)24(22)12-20)17(2)33-28(38)19-6-8-21-14-43-31(41)23(21)11-19/h3-12,17,25,27,41-42H,13-15H2,1-2H3,(H,33,38)(H,34,40)(H,35,39)(H,36,37)/t17-,25-,27-/m0/s1. The van der Waals surface area contributed by atoms with E-state index in [1.807, 2.05) is 13.0 Å². The van der Waals surface area contributed by atoms with Crippen LogP contribution >= 0.6 is 0 Å². The van der Waals surface area contributed by atoms with E-state index in [9.17, 15) is 34.3 Å². The Labute approximate surface area is 254 Å². The van der Waals surface area contributed by atoms with Crippen LogP contribution in [0.5, 0.6) is 0 Å². The smallest absolute Gasteiger partial charge is 0.481 e. The van der Waals surface area contributed by atoms with E-state index in [1.165, 1.54) is 25.1 Å². The number of amides is 3. The Morgan fingerprint density at radius 3 is 1.93 bits per heavy atom. The van der Waals surface area contributed by atoms with Crippen LogP contribution in [0.4, 0.5) is 0 Å². The van der Waals surface area contributed by atoms with Gasteiger partial charge in [0.15, 0.2) is 0 Å². The number of aliphatic carboxylic acids is 1. The van der Waals surface area contributed by atoms with Crippen molar-refractivity contribution in [2.75, 3.05) is 0 Å². The number of hydrogen-bond donors (Lipinski definition) is 6. The SMILES string of the molecule is Cc1cccc([C@H](CC(=O)O)NC(=O)[C@@H](NC(=O)c2ccc3c(c2)B(O)OC3)[C@H](C)NC(=O)c2ccc3c(c2)B(O)OC3)c1. The van der Waals surface area contributed by atoms with E-state index >= 15 is 0 Å².